The second kappa shape index (κ2) is 8.65. The van der Waals surface area contributed by atoms with E-state index in [1.807, 2.05) is 24.3 Å². The highest BCUT2D eigenvalue weighted by atomic mass is 16.5. The van der Waals surface area contributed by atoms with Crippen LogP contribution in [0.4, 0.5) is 11.4 Å². The lowest BCUT2D eigenvalue weighted by atomic mass is 10.0. The zero-order chi connectivity index (χ0) is 20.1. The fourth-order valence-corrected chi connectivity index (χ4v) is 3.38. The maximum atomic E-state index is 12.7. The molecule has 0 saturated heterocycles. The molecule has 0 unspecified atom stereocenters. The number of carbonyl (C=O) groups is 2. The van der Waals surface area contributed by atoms with Crippen LogP contribution in [-0.4, -0.2) is 39.7 Å². The zero-order valence-electron chi connectivity index (χ0n) is 16.3. The first-order valence-corrected chi connectivity index (χ1v) is 9.05. The van der Waals surface area contributed by atoms with Gasteiger partial charge in [0.25, 0.3) is 0 Å². The molecule has 0 aliphatic carbocycles. The number of aryl methyl sites for hydroxylation is 1. The second-order valence-electron chi connectivity index (χ2n) is 6.42. The van der Waals surface area contributed by atoms with Crippen molar-refractivity contribution in [1.29, 1.82) is 0 Å². The number of hydrogen-bond acceptors (Lipinski definition) is 5. The van der Waals surface area contributed by atoms with Crippen molar-refractivity contribution in [3.05, 3.63) is 42.0 Å². The molecule has 7 heteroatoms. The van der Waals surface area contributed by atoms with Crippen LogP contribution in [0.2, 0.25) is 0 Å². The smallest absolute Gasteiger partial charge is 0.236 e. The van der Waals surface area contributed by atoms with E-state index in [1.165, 1.54) is 21.3 Å². The molecule has 3 rings (SSSR count). The van der Waals surface area contributed by atoms with E-state index in [0.717, 1.165) is 24.1 Å². The van der Waals surface area contributed by atoms with Crippen LogP contribution in [0.1, 0.15) is 18.4 Å². The molecule has 148 valence electrons. The van der Waals surface area contributed by atoms with Gasteiger partial charge in [-0.3, -0.25) is 9.59 Å². The highest BCUT2D eigenvalue weighted by Crippen LogP contribution is 2.40. The van der Waals surface area contributed by atoms with Gasteiger partial charge in [-0.1, -0.05) is 18.2 Å². The highest BCUT2D eigenvalue weighted by Gasteiger charge is 2.24. The minimum absolute atomic E-state index is 0.225. The molecule has 1 N–H and O–H groups in total. The number of nitrogens with zero attached hydrogens (tertiary/aromatic N) is 1. The molecule has 1 aliphatic heterocycles. The lowest BCUT2D eigenvalue weighted by Crippen LogP contribution is -2.37. The molecule has 0 fully saturated rings. The number of methoxy groups -OCH3 is 3. The van der Waals surface area contributed by atoms with Crippen molar-refractivity contribution in [2.45, 2.75) is 19.3 Å². The van der Waals surface area contributed by atoms with E-state index in [2.05, 4.69) is 5.32 Å². The van der Waals surface area contributed by atoms with Crippen molar-refractivity contribution in [3.8, 4) is 17.2 Å². The first-order chi connectivity index (χ1) is 13.6. The third-order valence-electron chi connectivity index (χ3n) is 4.67. The molecule has 0 radical (unpaired) electrons. The predicted molar refractivity (Wildman–Crippen MR) is 106 cm³/mol. The van der Waals surface area contributed by atoms with Crippen molar-refractivity contribution in [2.24, 2.45) is 0 Å². The van der Waals surface area contributed by atoms with Gasteiger partial charge < -0.3 is 24.4 Å². The van der Waals surface area contributed by atoms with E-state index in [1.54, 1.807) is 17.0 Å². The minimum atomic E-state index is -0.401. The molecular formula is C21H24N2O5. The van der Waals surface area contributed by atoms with Crippen molar-refractivity contribution >= 4 is 23.2 Å². The number of fused-ring (bicyclic) bond motifs is 1. The lowest BCUT2D eigenvalue weighted by Gasteiger charge is -2.29. The normalized spacial score (nSPS) is 12.8. The van der Waals surface area contributed by atoms with Gasteiger partial charge in [-0.15, -0.1) is 0 Å². The van der Waals surface area contributed by atoms with Gasteiger partial charge in [-0.25, -0.2) is 0 Å². The Hall–Kier alpha value is -3.22. The van der Waals surface area contributed by atoms with Crippen molar-refractivity contribution < 1.29 is 23.8 Å². The molecule has 0 spiro atoms. The predicted octanol–water partition coefficient (Wildman–Crippen LogP) is 3.02. The maximum absolute atomic E-state index is 12.7. The third-order valence-corrected chi connectivity index (χ3v) is 4.67. The number of rotatable bonds is 6. The van der Waals surface area contributed by atoms with Gasteiger partial charge in [-0.2, -0.15) is 0 Å². The molecule has 1 heterocycles. The van der Waals surface area contributed by atoms with E-state index in [9.17, 15) is 9.59 Å². The standard InChI is InChI=1S/C21H24N2O5/c1-26-17-11-15(12-18(27-2)21(17)28-3)22-19(24)13-20(25)23-10-6-8-14-7-4-5-9-16(14)23/h4-5,7,9,11-12H,6,8,10,13H2,1-3H3,(H,22,24). The zero-order valence-corrected chi connectivity index (χ0v) is 16.3. The second-order valence-corrected chi connectivity index (χ2v) is 6.42. The number of amides is 2. The molecule has 7 nitrogen and oxygen atoms in total. The summed E-state index contributed by atoms with van der Waals surface area (Å²) in [6, 6.07) is 11.1. The molecule has 28 heavy (non-hydrogen) atoms. The van der Waals surface area contributed by atoms with Crippen LogP contribution >= 0.6 is 0 Å². The van der Waals surface area contributed by atoms with E-state index >= 15 is 0 Å². The number of para-hydroxylation sites is 1. The van der Waals surface area contributed by atoms with Gasteiger partial charge in [0.2, 0.25) is 17.6 Å². The number of nitrogens with one attached hydrogen (secondary N) is 1. The average molecular weight is 384 g/mol. The van der Waals surface area contributed by atoms with Crippen LogP contribution in [0.3, 0.4) is 0 Å². The van der Waals surface area contributed by atoms with Crippen molar-refractivity contribution in [1.82, 2.24) is 0 Å². The van der Waals surface area contributed by atoms with Crippen LogP contribution in [0.25, 0.3) is 0 Å². The summed E-state index contributed by atoms with van der Waals surface area (Å²) < 4.78 is 15.8. The summed E-state index contributed by atoms with van der Waals surface area (Å²) in [4.78, 5) is 26.9. The summed E-state index contributed by atoms with van der Waals surface area (Å²) in [5.41, 5.74) is 2.48. The fourth-order valence-electron chi connectivity index (χ4n) is 3.38. The van der Waals surface area contributed by atoms with Crippen LogP contribution in [0.15, 0.2) is 36.4 Å². The Labute approximate surface area is 164 Å². The molecule has 2 amide bonds. The Morgan fingerprint density at radius 2 is 1.71 bits per heavy atom. The largest absolute Gasteiger partial charge is 0.493 e. The van der Waals surface area contributed by atoms with Gasteiger partial charge in [-0.05, 0) is 24.5 Å². The number of anilines is 2. The summed E-state index contributed by atoms with van der Waals surface area (Å²) in [6.07, 6.45) is 1.58. The number of carbonyl (C=O) groups excluding carboxylic acids is 2. The van der Waals surface area contributed by atoms with Crippen LogP contribution < -0.4 is 24.4 Å². The Morgan fingerprint density at radius 1 is 1.04 bits per heavy atom. The van der Waals surface area contributed by atoms with Gasteiger partial charge >= 0.3 is 0 Å². The van der Waals surface area contributed by atoms with E-state index < -0.39 is 5.91 Å². The molecule has 2 aromatic rings. The number of hydrogen-bond donors (Lipinski definition) is 1. The summed E-state index contributed by atoms with van der Waals surface area (Å²) in [5, 5.41) is 2.73. The third kappa shape index (κ3) is 4.03. The molecular weight excluding hydrogens is 360 g/mol. The minimum Gasteiger partial charge on any atom is -0.493 e. The van der Waals surface area contributed by atoms with Gasteiger partial charge in [0, 0.05) is 30.1 Å². The summed E-state index contributed by atoms with van der Waals surface area (Å²) >= 11 is 0. The SMILES string of the molecule is COc1cc(NC(=O)CC(=O)N2CCCc3ccccc32)cc(OC)c1OC. The monoisotopic (exact) mass is 384 g/mol. The van der Waals surface area contributed by atoms with Gasteiger partial charge in [0.05, 0.1) is 21.3 Å². The van der Waals surface area contributed by atoms with Gasteiger partial charge in [0.15, 0.2) is 11.5 Å². The van der Waals surface area contributed by atoms with E-state index in [4.69, 9.17) is 14.2 Å². The number of ether oxygens (including phenoxy) is 3. The Balaban J connectivity index is 1.72. The molecule has 2 aromatic carbocycles. The molecule has 0 bridgehead atoms. The summed E-state index contributed by atoms with van der Waals surface area (Å²) in [5.74, 6) is 0.658. The van der Waals surface area contributed by atoms with Gasteiger partial charge in [0.1, 0.15) is 6.42 Å². The van der Waals surface area contributed by atoms with E-state index in [0.29, 0.717) is 29.5 Å². The van der Waals surface area contributed by atoms with E-state index in [-0.39, 0.29) is 12.3 Å². The maximum Gasteiger partial charge on any atom is 0.236 e. The average Bonchev–Trinajstić information content (AvgIpc) is 2.72. The Morgan fingerprint density at radius 3 is 2.36 bits per heavy atom. The highest BCUT2D eigenvalue weighted by molar-refractivity contribution is 6.09. The van der Waals surface area contributed by atoms with Crippen LogP contribution in [-0.2, 0) is 16.0 Å². The first kappa shape index (κ1) is 19.5. The van der Waals surface area contributed by atoms with Crippen molar-refractivity contribution in [2.75, 3.05) is 38.1 Å². The summed E-state index contributed by atoms with van der Waals surface area (Å²) in [7, 11) is 4.51. The number of benzene rings is 2. The molecule has 1 aliphatic rings. The molecule has 0 aromatic heterocycles. The molecule has 0 atom stereocenters. The molecule has 0 saturated carbocycles. The van der Waals surface area contributed by atoms with Crippen LogP contribution in [0.5, 0.6) is 17.2 Å². The Kier molecular flexibility index (Phi) is 6.03. The first-order valence-electron chi connectivity index (χ1n) is 9.05. The van der Waals surface area contributed by atoms with Crippen molar-refractivity contribution in [3.63, 3.8) is 0 Å². The quantitative estimate of drug-likeness (QED) is 0.775. The Bertz CT molecular complexity index is 856. The summed E-state index contributed by atoms with van der Waals surface area (Å²) in [6.45, 7) is 0.618. The van der Waals surface area contributed by atoms with Crippen LogP contribution in [0, 0.1) is 0 Å². The topological polar surface area (TPSA) is 77.1 Å². The lowest BCUT2D eigenvalue weighted by molar-refractivity contribution is -0.125. The fraction of sp³-hybridized carbons (Fsp3) is 0.333.